The molecule has 13 heavy (non-hydrogen) atoms. The predicted molar refractivity (Wildman–Crippen MR) is 51.3 cm³/mol. The maximum atomic E-state index is 9.30. The highest BCUT2D eigenvalue weighted by molar-refractivity contribution is 9.10. The number of fused-ring (bicyclic) bond motifs is 1. The SMILES string of the molecule is CC(O)c1cn2ccnc(Br)c2n1. The smallest absolute Gasteiger partial charge is 0.170 e. The lowest BCUT2D eigenvalue weighted by atomic mass is 10.3. The summed E-state index contributed by atoms with van der Waals surface area (Å²) >= 11 is 3.28. The minimum Gasteiger partial charge on any atom is -0.387 e. The van der Waals surface area contributed by atoms with Gasteiger partial charge in [0.1, 0.15) is 4.60 Å². The standard InChI is InChI=1S/C8H8BrN3O/c1-5(13)6-4-12-3-2-10-7(9)8(12)11-6/h2-5,13H,1H3. The Labute approximate surface area is 83.4 Å². The molecule has 68 valence electrons. The van der Waals surface area contributed by atoms with Gasteiger partial charge in [0.05, 0.1) is 11.8 Å². The number of aliphatic hydroxyl groups excluding tert-OH is 1. The highest BCUT2D eigenvalue weighted by Crippen LogP contribution is 2.17. The van der Waals surface area contributed by atoms with E-state index in [0.29, 0.717) is 10.3 Å². The van der Waals surface area contributed by atoms with Gasteiger partial charge < -0.3 is 9.51 Å². The summed E-state index contributed by atoms with van der Waals surface area (Å²) in [5.41, 5.74) is 1.37. The van der Waals surface area contributed by atoms with E-state index in [1.54, 1.807) is 25.5 Å². The summed E-state index contributed by atoms with van der Waals surface area (Å²) in [6.07, 6.45) is 4.70. The molecule has 2 aromatic heterocycles. The van der Waals surface area contributed by atoms with Crippen molar-refractivity contribution in [2.45, 2.75) is 13.0 Å². The molecule has 0 aliphatic rings. The van der Waals surface area contributed by atoms with Gasteiger partial charge in [-0.3, -0.25) is 0 Å². The molecule has 0 aliphatic carbocycles. The van der Waals surface area contributed by atoms with Crippen LogP contribution in [0.4, 0.5) is 0 Å². The number of nitrogens with zero attached hydrogens (tertiary/aromatic N) is 3. The first kappa shape index (κ1) is 8.65. The summed E-state index contributed by atoms with van der Waals surface area (Å²) in [4.78, 5) is 8.25. The van der Waals surface area contributed by atoms with Gasteiger partial charge in [-0.2, -0.15) is 0 Å². The molecule has 0 amide bonds. The molecule has 2 rings (SSSR count). The molecule has 5 heteroatoms. The van der Waals surface area contributed by atoms with Crippen molar-refractivity contribution in [3.63, 3.8) is 0 Å². The van der Waals surface area contributed by atoms with E-state index in [9.17, 15) is 5.11 Å². The third kappa shape index (κ3) is 1.45. The zero-order chi connectivity index (χ0) is 9.42. The van der Waals surface area contributed by atoms with Gasteiger partial charge in [-0.25, -0.2) is 9.97 Å². The molecule has 0 bridgehead atoms. The number of halogens is 1. The zero-order valence-corrected chi connectivity index (χ0v) is 8.56. The second kappa shape index (κ2) is 3.08. The number of imidazole rings is 1. The molecule has 0 aromatic carbocycles. The van der Waals surface area contributed by atoms with Crippen molar-refractivity contribution in [3.05, 3.63) is 28.9 Å². The van der Waals surface area contributed by atoms with Gasteiger partial charge in [0.2, 0.25) is 0 Å². The molecule has 4 nitrogen and oxygen atoms in total. The van der Waals surface area contributed by atoms with Gasteiger partial charge in [-0.1, -0.05) is 0 Å². The summed E-state index contributed by atoms with van der Waals surface area (Å²) in [6.45, 7) is 1.68. The van der Waals surface area contributed by atoms with E-state index in [2.05, 4.69) is 25.9 Å². The minimum absolute atomic E-state index is 0.549. The summed E-state index contributed by atoms with van der Waals surface area (Å²) in [5, 5.41) is 9.30. The van der Waals surface area contributed by atoms with Crippen molar-refractivity contribution in [3.8, 4) is 0 Å². The fourth-order valence-electron chi connectivity index (χ4n) is 1.11. The topological polar surface area (TPSA) is 50.4 Å². The number of aromatic nitrogens is 3. The number of rotatable bonds is 1. The van der Waals surface area contributed by atoms with Crippen LogP contribution in [0.5, 0.6) is 0 Å². The van der Waals surface area contributed by atoms with Crippen LogP contribution >= 0.6 is 15.9 Å². The van der Waals surface area contributed by atoms with Gasteiger partial charge in [0.15, 0.2) is 5.65 Å². The molecule has 2 heterocycles. The third-order valence-electron chi connectivity index (χ3n) is 1.78. The largest absolute Gasteiger partial charge is 0.387 e. The lowest BCUT2D eigenvalue weighted by Crippen LogP contribution is -1.89. The molecule has 0 saturated heterocycles. The Bertz CT molecular complexity index is 438. The van der Waals surface area contributed by atoms with E-state index in [1.165, 1.54) is 0 Å². The van der Waals surface area contributed by atoms with Gasteiger partial charge in [-0.05, 0) is 22.9 Å². The van der Waals surface area contributed by atoms with Crippen LogP contribution in [0.1, 0.15) is 18.7 Å². The van der Waals surface area contributed by atoms with Crippen LogP contribution in [0.2, 0.25) is 0 Å². The van der Waals surface area contributed by atoms with Gasteiger partial charge in [-0.15, -0.1) is 0 Å². The minimum atomic E-state index is -0.549. The van der Waals surface area contributed by atoms with Crippen LogP contribution in [0.3, 0.4) is 0 Å². The van der Waals surface area contributed by atoms with Crippen molar-refractivity contribution in [2.24, 2.45) is 0 Å². The number of hydrogen-bond donors (Lipinski definition) is 1. The normalized spacial score (nSPS) is 13.5. The fraction of sp³-hybridized carbons (Fsp3) is 0.250. The van der Waals surface area contributed by atoms with Crippen molar-refractivity contribution < 1.29 is 5.11 Å². The Balaban J connectivity index is 2.68. The highest BCUT2D eigenvalue weighted by atomic mass is 79.9. The van der Waals surface area contributed by atoms with Gasteiger partial charge in [0, 0.05) is 18.6 Å². The summed E-state index contributed by atoms with van der Waals surface area (Å²) in [6, 6.07) is 0. The summed E-state index contributed by atoms with van der Waals surface area (Å²) < 4.78 is 2.50. The number of aliphatic hydroxyl groups is 1. The van der Waals surface area contributed by atoms with Crippen LogP contribution in [-0.2, 0) is 0 Å². The maximum Gasteiger partial charge on any atom is 0.170 e. The average molecular weight is 242 g/mol. The van der Waals surface area contributed by atoms with Crippen LogP contribution in [0.15, 0.2) is 23.2 Å². The molecule has 2 aromatic rings. The lowest BCUT2D eigenvalue weighted by molar-refractivity contribution is 0.195. The molecule has 0 spiro atoms. The molecule has 1 atom stereocenters. The monoisotopic (exact) mass is 241 g/mol. The molecular weight excluding hydrogens is 234 g/mol. The van der Waals surface area contributed by atoms with E-state index in [1.807, 2.05) is 4.40 Å². The molecule has 0 fully saturated rings. The lowest BCUT2D eigenvalue weighted by Gasteiger charge is -1.94. The van der Waals surface area contributed by atoms with Gasteiger partial charge in [0.25, 0.3) is 0 Å². The van der Waals surface area contributed by atoms with Crippen molar-refractivity contribution >= 4 is 21.6 Å². The maximum absolute atomic E-state index is 9.30. The Morgan fingerprint density at radius 2 is 2.38 bits per heavy atom. The van der Waals surface area contributed by atoms with E-state index >= 15 is 0 Å². The van der Waals surface area contributed by atoms with Crippen LogP contribution in [-0.4, -0.2) is 19.5 Å². The second-order valence-electron chi connectivity index (χ2n) is 2.79. The Morgan fingerprint density at radius 1 is 1.62 bits per heavy atom. The molecule has 0 aliphatic heterocycles. The fourth-order valence-corrected chi connectivity index (χ4v) is 1.52. The average Bonchev–Trinajstić information content (AvgIpc) is 2.49. The second-order valence-corrected chi connectivity index (χ2v) is 3.54. The van der Waals surface area contributed by atoms with Crippen LogP contribution in [0, 0.1) is 0 Å². The predicted octanol–water partition coefficient (Wildman–Crippen LogP) is 1.55. The Morgan fingerprint density at radius 3 is 3.00 bits per heavy atom. The van der Waals surface area contributed by atoms with Crippen molar-refractivity contribution in [1.29, 1.82) is 0 Å². The first-order valence-corrected chi connectivity index (χ1v) is 4.65. The van der Waals surface area contributed by atoms with E-state index in [4.69, 9.17) is 0 Å². The van der Waals surface area contributed by atoms with E-state index in [-0.39, 0.29) is 0 Å². The van der Waals surface area contributed by atoms with E-state index in [0.717, 1.165) is 5.65 Å². The van der Waals surface area contributed by atoms with Crippen molar-refractivity contribution in [1.82, 2.24) is 14.4 Å². The van der Waals surface area contributed by atoms with Crippen LogP contribution in [0.25, 0.3) is 5.65 Å². The molecule has 0 saturated carbocycles. The van der Waals surface area contributed by atoms with E-state index < -0.39 is 6.10 Å². The quantitative estimate of drug-likeness (QED) is 0.825. The van der Waals surface area contributed by atoms with Crippen molar-refractivity contribution in [2.75, 3.05) is 0 Å². The highest BCUT2D eigenvalue weighted by Gasteiger charge is 2.08. The molecule has 1 N–H and O–H groups in total. The first-order chi connectivity index (χ1) is 6.18. The van der Waals surface area contributed by atoms with Gasteiger partial charge >= 0.3 is 0 Å². The zero-order valence-electron chi connectivity index (χ0n) is 6.98. The molecule has 1 unspecified atom stereocenters. The summed E-state index contributed by atoms with van der Waals surface area (Å²) in [5.74, 6) is 0. The Hall–Kier alpha value is -0.940. The first-order valence-electron chi connectivity index (χ1n) is 3.85. The summed E-state index contributed by atoms with van der Waals surface area (Å²) in [7, 11) is 0. The molecular formula is C8H8BrN3O. The third-order valence-corrected chi connectivity index (χ3v) is 2.34. The molecule has 0 radical (unpaired) electrons. The Kier molecular flexibility index (Phi) is 2.05. The van der Waals surface area contributed by atoms with Crippen LogP contribution < -0.4 is 0 Å². The number of hydrogen-bond acceptors (Lipinski definition) is 3.